The Kier molecular flexibility index (Phi) is 4.81. The lowest BCUT2D eigenvalue weighted by Crippen LogP contribution is -2.40. The van der Waals surface area contributed by atoms with Crippen LogP contribution in [0, 0.1) is 11.3 Å². The SMILES string of the molecule is CCc1ccc(N2CCC(C)NCC2CC#N)cc1. The van der Waals surface area contributed by atoms with E-state index in [9.17, 15) is 0 Å². The van der Waals surface area contributed by atoms with Gasteiger partial charge >= 0.3 is 0 Å². The number of rotatable bonds is 3. The van der Waals surface area contributed by atoms with E-state index in [1.807, 2.05) is 0 Å². The van der Waals surface area contributed by atoms with E-state index in [4.69, 9.17) is 5.26 Å². The van der Waals surface area contributed by atoms with Crippen molar-refractivity contribution in [2.75, 3.05) is 18.0 Å². The molecular formula is C16H23N3. The van der Waals surface area contributed by atoms with Gasteiger partial charge in [-0.05, 0) is 37.5 Å². The lowest BCUT2D eigenvalue weighted by atomic mass is 10.1. The predicted octanol–water partition coefficient (Wildman–Crippen LogP) is 2.72. The highest BCUT2D eigenvalue weighted by Crippen LogP contribution is 2.22. The molecule has 0 bridgehead atoms. The van der Waals surface area contributed by atoms with Gasteiger partial charge in [-0.3, -0.25) is 0 Å². The van der Waals surface area contributed by atoms with Gasteiger partial charge in [-0.15, -0.1) is 0 Å². The molecule has 0 aliphatic carbocycles. The molecule has 0 saturated carbocycles. The van der Waals surface area contributed by atoms with Gasteiger partial charge < -0.3 is 10.2 Å². The summed E-state index contributed by atoms with van der Waals surface area (Å²) < 4.78 is 0. The molecule has 1 aromatic rings. The maximum Gasteiger partial charge on any atom is 0.0643 e. The minimum absolute atomic E-state index is 0.280. The second-order valence-electron chi connectivity index (χ2n) is 5.33. The normalized spacial score (nSPS) is 23.7. The van der Waals surface area contributed by atoms with Crippen LogP contribution in [0.3, 0.4) is 0 Å². The maximum absolute atomic E-state index is 9.02. The summed E-state index contributed by atoms with van der Waals surface area (Å²) >= 11 is 0. The summed E-state index contributed by atoms with van der Waals surface area (Å²) in [5.74, 6) is 0. The van der Waals surface area contributed by atoms with E-state index in [1.54, 1.807) is 0 Å². The van der Waals surface area contributed by atoms with Gasteiger partial charge in [0.2, 0.25) is 0 Å². The molecule has 1 aliphatic heterocycles. The van der Waals surface area contributed by atoms with Crippen LogP contribution in [0.25, 0.3) is 0 Å². The maximum atomic E-state index is 9.02. The van der Waals surface area contributed by atoms with Gasteiger partial charge in [0, 0.05) is 24.8 Å². The smallest absolute Gasteiger partial charge is 0.0643 e. The number of aryl methyl sites for hydroxylation is 1. The molecule has 3 nitrogen and oxygen atoms in total. The third-order valence-electron chi connectivity index (χ3n) is 3.95. The molecule has 0 spiro atoms. The molecule has 2 rings (SSSR count). The Morgan fingerprint density at radius 3 is 2.74 bits per heavy atom. The van der Waals surface area contributed by atoms with Crippen LogP contribution >= 0.6 is 0 Å². The molecule has 0 amide bonds. The van der Waals surface area contributed by atoms with Crippen LogP contribution in [0.4, 0.5) is 5.69 Å². The highest BCUT2D eigenvalue weighted by Gasteiger charge is 2.23. The van der Waals surface area contributed by atoms with E-state index in [0.29, 0.717) is 12.5 Å². The summed E-state index contributed by atoms with van der Waals surface area (Å²) in [5, 5.41) is 12.5. The number of nitrogens with one attached hydrogen (secondary N) is 1. The number of hydrogen-bond acceptors (Lipinski definition) is 3. The third-order valence-corrected chi connectivity index (χ3v) is 3.95. The quantitative estimate of drug-likeness (QED) is 0.905. The number of nitriles is 1. The Balaban J connectivity index is 2.19. The van der Waals surface area contributed by atoms with Crippen molar-refractivity contribution in [3.8, 4) is 6.07 Å². The van der Waals surface area contributed by atoms with Crippen molar-refractivity contribution in [1.29, 1.82) is 5.26 Å². The van der Waals surface area contributed by atoms with Gasteiger partial charge in [0.05, 0.1) is 18.5 Å². The van der Waals surface area contributed by atoms with Crippen molar-refractivity contribution in [1.82, 2.24) is 5.32 Å². The van der Waals surface area contributed by atoms with E-state index < -0.39 is 0 Å². The molecule has 1 heterocycles. The summed E-state index contributed by atoms with van der Waals surface area (Å²) in [7, 11) is 0. The van der Waals surface area contributed by atoms with Crippen LogP contribution in [0.1, 0.15) is 32.3 Å². The first-order valence-corrected chi connectivity index (χ1v) is 7.20. The first-order valence-electron chi connectivity index (χ1n) is 7.20. The van der Waals surface area contributed by atoms with Crippen LogP contribution in [0.2, 0.25) is 0 Å². The fourth-order valence-corrected chi connectivity index (χ4v) is 2.62. The van der Waals surface area contributed by atoms with Crippen molar-refractivity contribution in [2.45, 2.75) is 45.2 Å². The van der Waals surface area contributed by atoms with Crippen LogP contribution < -0.4 is 10.2 Å². The zero-order chi connectivity index (χ0) is 13.7. The molecule has 2 unspecified atom stereocenters. The second kappa shape index (κ2) is 6.58. The van der Waals surface area contributed by atoms with Crippen molar-refractivity contribution in [3.63, 3.8) is 0 Å². The first kappa shape index (κ1) is 13.9. The summed E-state index contributed by atoms with van der Waals surface area (Å²) in [4.78, 5) is 2.39. The molecule has 3 heteroatoms. The Morgan fingerprint density at radius 1 is 1.37 bits per heavy atom. The molecule has 102 valence electrons. The van der Waals surface area contributed by atoms with E-state index >= 15 is 0 Å². The van der Waals surface area contributed by atoms with Crippen LogP contribution in [-0.2, 0) is 6.42 Å². The standard InChI is InChI=1S/C16H23N3/c1-3-14-4-6-15(7-5-14)19-11-9-13(2)18-12-16(19)8-10-17/h4-7,13,16,18H,3,8-9,11-12H2,1-2H3. The molecule has 0 radical (unpaired) electrons. The van der Waals surface area contributed by atoms with Crippen LogP contribution in [-0.4, -0.2) is 25.2 Å². The molecule has 2 atom stereocenters. The molecular weight excluding hydrogens is 234 g/mol. The fourth-order valence-electron chi connectivity index (χ4n) is 2.62. The molecule has 1 saturated heterocycles. The van der Waals surface area contributed by atoms with Gasteiger partial charge in [-0.1, -0.05) is 19.1 Å². The Labute approximate surface area is 116 Å². The Hall–Kier alpha value is -1.53. The minimum atomic E-state index is 0.280. The van der Waals surface area contributed by atoms with Crippen molar-refractivity contribution < 1.29 is 0 Å². The largest absolute Gasteiger partial charge is 0.366 e. The molecule has 1 N–H and O–H groups in total. The van der Waals surface area contributed by atoms with Crippen molar-refractivity contribution in [2.24, 2.45) is 0 Å². The third kappa shape index (κ3) is 3.48. The van der Waals surface area contributed by atoms with Gasteiger partial charge in [-0.2, -0.15) is 5.26 Å². The zero-order valence-electron chi connectivity index (χ0n) is 11.9. The van der Waals surface area contributed by atoms with Crippen molar-refractivity contribution in [3.05, 3.63) is 29.8 Å². The number of hydrogen-bond donors (Lipinski definition) is 1. The Morgan fingerprint density at radius 2 is 2.11 bits per heavy atom. The van der Waals surface area contributed by atoms with E-state index in [1.165, 1.54) is 11.3 Å². The number of benzene rings is 1. The molecule has 1 aromatic carbocycles. The van der Waals surface area contributed by atoms with E-state index in [2.05, 4.69) is 54.4 Å². The van der Waals surface area contributed by atoms with E-state index in [0.717, 1.165) is 25.9 Å². The van der Waals surface area contributed by atoms with Crippen molar-refractivity contribution >= 4 is 5.69 Å². The molecule has 1 fully saturated rings. The summed E-state index contributed by atoms with van der Waals surface area (Å²) in [6.45, 7) is 6.30. The van der Waals surface area contributed by atoms with Gasteiger partial charge in [-0.25, -0.2) is 0 Å². The molecule has 0 aromatic heterocycles. The minimum Gasteiger partial charge on any atom is -0.366 e. The highest BCUT2D eigenvalue weighted by molar-refractivity contribution is 5.49. The van der Waals surface area contributed by atoms with E-state index in [-0.39, 0.29) is 6.04 Å². The van der Waals surface area contributed by atoms with Gasteiger partial charge in [0.25, 0.3) is 0 Å². The fraction of sp³-hybridized carbons (Fsp3) is 0.562. The topological polar surface area (TPSA) is 39.1 Å². The molecule has 1 aliphatic rings. The summed E-state index contributed by atoms with van der Waals surface area (Å²) in [6, 6.07) is 11.9. The lowest BCUT2D eigenvalue weighted by Gasteiger charge is -2.30. The average molecular weight is 257 g/mol. The number of nitrogens with zero attached hydrogens (tertiary/aromatic N) is 2. The average Bonchev–Trinajstić information content (AvgIpc) is 2.62. The summed E-state index contributed by atoms with van der Waals surface area (Å²) in [5.41, 5.74) is 2.61. The lowest BCUT2D eigenvalue weighted by molar-refractivity contribution is 0.538. The van der Waals surface area contributed by atoms with Gasteiger partial charge in [0.1, 0.15) is 0 Å². The Bertz CT molecular complexity index is 432. The van der Waals surface area contributed by atoms with Crippen LogP contribution in [0.5, 0.6) is 0 Å². The second-order valence-corrected chi connectivity index (χ2v) is 5.33. The summed E-state index contributed by atoms with van der Waals surface area (Å²) in [6.07, 6.45) is 2.77. The first-order chi connectivity index (χ1) is 9.24. The number of anilines is 1. The van der Waals surface area contributed by atoms with Gasteiger partial charge in [0.15, 0.2) is 0 Å². The highest BCUT2D eigenvalue weighted by atomic mass is 15.2. The predicted molar refractivity (Wildman–Crippen MR) is 79.3 cm³/mol. The molecule has 19 heavy (non-hydrogen) atoms. The van der Waals surface area contributed by atoms with Crippen LogP contribution in [0.15, 0.2) is 24.3 Å². The zero-order valence-corrected chi connectivity index (χ0v) is 11.9. The monoisotopic (exact) mass is 257 g/mol.